The largest absolute Gasteiger partial charge is 0.384 e. The molecule has 3 fully saturated rings. The SMILES string of the molecule is CC(C)(C)c1nc(N)cc(NC2C3C4CCC(C4)C23)n1. The summed E-state index contributed by atoms with van der Waals surface area (Å²) in [6.45, 7) is 6.37. The van der Waals surface area contributed by atoms with Crippen molar-refractivity contribution in [2.24, 2.45) is 23.7 Å². The third kappa shape index (κ3) is 1.80. The van der Waals surface area contributed by atoms with Gasteiger partial charge in [0, 0.05) is 17.5 Å². The van der Waals surface area contributed by atoms with Crippen LogP contribution in [0.15, 0.2) is 6.07 Å². The first-order valence-electron chi connectivity index (χ1n) is 7.85. The van der Waals surface area contributed by atoms with Crippen LogP contribution in [0.25, 0.3) is 0 Å². The van der Waals surface area contributed by atoms with Crippen molar-refractivity contribution in [1.82, 2.24) is 9.97 Å². The number of nitrogen functional groups attached to an aromatic ring is 1. The molecule has 0 spiro atoms. The van der Waals surface area contributed by atoms with E-state index in [4.69, 9.17) is 5.73 Å². The molecule has 3 N–H and O–H groups in total. The van der Waals surface area contributed by atoms with Crippen LogP contribution in [0.5, 0.6) is 0 Å². The van der Waals surface area contributed by atoms with E-state index in [1.807, 2.05) is 6.07 Å². The molecule has 0 aromatic carbocycles. The lowest BCUT2D eigenvalue weighted by Crippen LogP contribution is -2.20. The molecule has 4 atom stereocenters. The molecule has 0 saturated heterocycles. The van der Waals surface area contributed by atoms with Gasteiger partial charge in [-0.15, -0.1) is 0 Å². The summed E-state index contributed by atoms with van der Waals surface area (Å²) in [6.07, 6.45) is 4.37. The Hall–Kier alpha value is -1.32. The highest BCUT2D eigenvalue weighted by molar-refractivity contribution is 5.48. The first kappa shape index (κ1) is 12.4. The van der Waals surface area contributed by atoms with Crippen molar-refractivity contribution in [1.29, 1.82) is 0 Å². The van der Waals surface area contributed by atoms with Gasteiger partial charge in [-0.1, -0.05) is 20.8 Å². The maximum absolute atomic E-state index is 5.94. The smallest absolute Gasteiger partial charge is 0.138 e. The fraction of sp³-hybridized carbons (Fsp3) is 0.750. The summed E-state index contributed by atoms with van der Waals surface area (Å²) < 4.78 is 0. The van der Waals surface area contributed by atoms with Crippen molar-refractivity contribution in [2.75, 3.05) is 11.1 Å². The van der Waals surface area contributed by atoms with Crippen molar-refractivity contribution in [3.8, 4) is 0 Å². The maximum Gasteiger partial charge on any atom is 0.138 e. The van der Waals surface area contributed by atoms with Gasteiger partial charge in [-0.2, -0.15) is 0 Å². The highest BCUT2D eigenvalue weighted by Crippen LogP contribution is 2.66. The Bertz CT molecular complexity index is 532. The Morgan fingerprint density at radius 1 is 1.15 bits per heavy atom. The van der Waals surface area contributed by atoms with Gasteiger partial charge < -0.3 is 11.1 Å². The van der Waals surface area contributed by atoms with Gasteiger partial charge in [0.25, 0.3) is 0 Å². The van der Waals surface area contributed by atoms with E-state index in [1.54, 1.807) is 0 Å². The van der Waals surface area contributed by atoms with Gasteiger partial charge in [0.15, 0.2) is 0 Å². The van der Waals surface area contributed by atoms with Gasteiger partial charge in [-0.05, 0) is 42.9 Å². The van der Waals surface area contributed by atoms with Gasteiger partial charge in [0.05, 0.1) is 0 Å². The number of hydrogen-bond acceptors (Lipinski definition) is 4. The predicted octanol–water partition coefficient (Wildman–Crippen LogP) is 2.81. The molecule has 0 amide bonds. The lowest BCUT2D eigenvalue weighted by atomic mass is 9.96. The molecule has 108 valence electrons. The molecule has 4 rings (SSSR count). The first-order valence-corrected chi connectivity index (χ1v) is 7.85. The molecule has 1 aromatic rings. The van der Waals surface area contributed by atoms with Gasteiger partial charge >= 0.3 is 0 Å². The highest BCUT2D eigenvalue weighted by Gasteiger charge is 2.65. The molecule has 4 heteroatoms. The number of nitrogens with zero attached hydrogens (tertiary/aromatic N) is 2. The fourth-order valence-corrected chi connectivity index (χ4v) is 4.56. The monoisotopic (exact) mass is 272 g/mol. The average Bonchev–Trinajstić information content (AvgIpc) is 2.77. The molecule has 3 saturated carbocycles. The number of anilines is 2. The number of rotatable bonds is 2. The predicted molar refractivity (Wildman–Crippen MR) is 80.4 cm³/mol. The zero-order valence-corrected chi connectivity index (χ0v) is 12.6. The molecule has 0 radical (unpaired) electrons. The fourth-order valence-electron chi connectivity index (χ4n) is 4.56. The zero-order valence-electron chi connectivity index (χ0n) is 12.6. The molecular formula is C16H24N4. The van der Waals surface area contributed by atoms with Crippen molar-refractivity contribution < 1.29 is 0 Å². The topological polar surface area (TPSA) is 63.8 Å². The maximum atomic E-state index is 5.94. The molecule has 3 aliphatic carbocycles. The molecule has 4 unspecified atom stereocenters. The summed E-state index contributed by atoms with van der Waals surface area (Å²) in [5.74, 6) is 6.08. The third-order valence-corrected chi connectivity index (χ3v) is 5.47. The molecule has 1 heterocycles. The average molecular weight is 272 g/mol. The summed E-state index contributed by atoms with van der Waals surface area (Å²) in [5, 5.41) is 3.64. The molecule has 1 aromatic heterocycles. The van der Waals surface area contributed by atoms with Crippen LogP contribution in [0.2, 0.25) is 0 Å². The van der Waals surface area contributed by atoms with Gasteiger partial charge in [-0.3, -0.25) is 0 Å². The van der Waals surface area contributed by atoms with Crippen LogP contribution in [0, 0.1) is 23.7 Å². The van der Waals surface area contributed by atoms with E-state index in [-0.39, 0.29) is 5.41 Å². The Balaban J connectivity index is 1.54. The number of nitrogens with two attached hydrogens (primary N) is 1. The van der Waals surface area contributed by atoms with Crippen molar-refractivity contribution in [3.63, 3.8) is 0 Å². The second-order valence-electron chi connectivity index (χ2n) is 7.91. The van der Waals surface area contributed by atoms with E-state index >= 15 is 0 Å². The van der Waals surface area contributed by atoms with E-state index < -0.39 is 0 Å². The minimum absolute atomic E-state index is 0.0652. The Morgan fingerprint density at radius 3 is 2.40 bits per heavy atom. The van der Waals surface area contributed by atoms with Gasteiger partial charge in [0.1, 0.15) is 17.5 Å². The number of fused-ring (bicyclic) bond motifs is 5. The van der Waals surface area contributed by atoms with Crippen LogP contribution in [0.4, 0.5) is 11.6 Å². The molecule has 4 nitrogen and oxygen atoms in total. The van der Waals surface area contributed by atoms with E-state index in [2.05, 4.69) is 36.1 Å². The van der Waals surface area contributed by atoms with Crippen LogP contribution < -0.4 is 11.1 Å². The lowest BCUT2D eigenvalue weighted by Gasteiger charge is -2.19. The highest BCUT2D eigenvalue weighted by atomic mass is 15.1. The first-order chi connectivity index (χ1) is 9.43. The Morgan fingerprint density at radius 2 is 1.80 bits per heavy atom. The van der Waals surface area contributed by atoms with Crippen molar-refractivity contribution >= 4 is 11.6 Å². The van der Waals surface area contributed by atoms with Crippen LogP contribution in [0.1, 0.15) is 45.9 Å². The third-order valence-electron chi connectivity index (χ3n) is 5.47. The summed E-state index contributed by atoms with van der Waals surface area (Å²) in [5.41, 5.74) is 5.88. The quantitative estimate of drug-likeness (QED) is 0.869. The standard InChI is InChI=1S/C16H24N4/c1-16(2,3)15-18-10(17)7-11(20-15)19-14-12-8-4-5-9(6-8)13(12)14/h7-9,12-14H,4-6H2,1-3H3,(H3,17,18,19,20). The summed E-state index contributed by atoms with van der Waals surface area (Å²) in [7, 11) is 0. The van der Waals surface area contributed by atoms with E-state index in [9.17, 15) is 0 Å². The molecule has 3 aliphatic rings. The van der Waals surface area contributed by atoms with Gasteiger partial charge in [0.2, 0.25) is 0 Å². The van der Waals surface area contributed by atoms with Crippen molar-refractivity contribution in [2.45, 2.75) is 51.5 Å². The lowest BCUT2D eigenvalue weighted by molar-refractivity contribution is 0.456. The molecular weight excluding hydrogens is 248 g/mol. The van der Waals surface area contributed by atoms with E-state index in [0.29, 0.717) is 11.9 Å². The minimum atomic E-state index is -0.0652. The van der Waals surface area contributed by atoms with Crippen molar-refractivity contribution in [3.05, 3.63) is 11.9 Å². The van der Waals surface area contributed by atoms with Crippen LogP contribution >= 0.6 is 0 Å². The summed E-state index contributed by atoms with van der Waals surface area (Å²) in [4.78, 5) is 9.05. The zero-order chi connectivity index (χ0) is 14.1. The van der Waals surface area contributed by atoms with Crippen LogP contribution in [-0.4, -0.2) is 16.0 Å². The number of aromatic nitrogens is 2. The summed E-state index contributed by atoms with van der Waals surface area (Å²) in [6, 6.07) is 2.52. The van der Waals surface area contributed by atoms with E-state index in [1.165, 1.54) is 19.3 Å². The molecule has 0 aliphatic heterocycles. The molecule has 20 heavy (non-hydrogen) atoms. The second-order valence-corrected chi connectivity index (χ2v) is 7.91. The van der Waals surface area contributed by atoms with E-state index in [0.717, 1.165) is 35.3 Å². The Kier molecular flexibility index (Phi) is 2.40. The van der Waals surface area contributed by atoms with Crippen LogP contribution in [0.3, 0.4) is 0 Å². The number of hydrogen-bond donors (Lipinski definition) is 2. The molecule has 2 bridgehead atoms. The minimum Gasteiger partial charge on any atom is -0.384 e. The van der Waals surface area contributed by atoms with Crippen LogP contribution in [-0.2, 0) is 5.41 Å². The normalized spacial score (nSPS) is 37.9. The summed E-state index contributed by atoms with van der Waals surface area (Å²) >= 11 is 0. The second kappa shape index (κ2) is 3.86. The van der Waals surface area contributed by atoms with Gasteiger partial charge in [-0.25, -0.2) is 9.97 Å². The Labute approximate surface area is 120 Å². The number of nitrogens with one attached hydrogen (secondary N) is 1.